The molecule has 0 heterocycles. The molecule has 2 aromatic rings. The first-order valence-electron chi connectivity index (χ1n) is 11.7. The van der Waals surface area contributed by atoms with Crippen molar-refractivity contribution in [2.45, 2.75) is 65.7 Å². The molecule has 44 heavy (non-hydrogen) atoms. The van der Waals surface area contributed by atoms with Crippen LogP contribution in [0.15, 0.2) is 60.7 Å². The first kappa shape index (κ1) is 37.5. The number of Topliss-reactive ketones (excluding diaryl/α,β-unsaturated/α-hetero) is 1. The highest BCUT2D eigenvalue weighted by molar-refractivity contribution is 7.99. The monoisotopic (exact) mass is 688 g/mol. The highest BCUT2D eigenvalue weighted by Crippen LogP contribution is 2.64. The highest BCUT2D eigenvalue weighted by Gasteiger charge is 2.95. The largest absolute Gasteiger partial charge is 0.460 e. The minimum atomic E-state index is -8.66. The van der Waals surface area contributed by atoms with Crippen LogP contribution in [0.5, 0.6) is 0 Å². The van der Waals surface area contributed by atoms with Gasteiger partial charge in [-0.15, -0.1) is 0 Å². The summed E-state index contributed by atoms with van der Waals surface area (Å²) in [4.78, 5) is 12.6. The van der Waals surface area contributed by atoms with Gasteiger partial charge in [0.1, 0.15) is 0 Å². The molecule has 0 N–H and O–H groups in total. The maximum Gasteiger partial charge on any atom is 0.460 e. The molecule has 0 saturated carbocycles. The van der Waals surface area contributed by atoms with Crippen LogP contribution < -0.4 is 0 Å². The first-order chi connectivity index (χ1) is 19.7. The van der Waals surface area contributed by atoms with Gasteiger partial charge in [0, 0.05) is 23.7 Å². The van der Waals surface area contributed by atoms with E-state index in [1.54, 1.807) is 0 Å². The maximum absolute atomic E-state index is 14.3. The number of alkyl halides is 17. The van der Waals surface area contributed by atoms with Crippen LogP contribution in [0, 0.1) is 0 Å². The second kappa shape index (κ2) is 12.2. The molecule has 1 unspecified atom stereocenters. The Morgan fingerprint density at radius 3 is 1.36 bits per heavy atom. The van der Waals surface area contributed by atoms with Crippen molar-refractivity contribution < 1.29 is 79.4 Å². The molecule has 0 amide bonds. The lowest BCUT2D eigenvalue weighted by atomic mass is 9.88. The summed E-state index contributed by atoms with van der Waals surface area (Å²) in [7, 11) is 0. The van der Waals surface area contributed by atoms with Crippen molar-refractivity contribution in [3.63, 3.8) is 0 Å². The van der Waals surface area contributed by atoms with Crippen molar-refractivity contribution in [3.8, 4) is 0 Å². The van der Waals surface area contributed by atoms with Gasteiger partial charge >= 0.3 is 47.6 Å². The second-order valence-corrected chi connectivity index (χ2v) is 10.5. The summed E-state index contributed by atoms with van der Waals surface area (Å²) in [6.07, 6.45) is -10.9. The van der Waals surface area contributed by atoms with Gasteiger partial charge in [0.25, 0.3) is 0 Å². The van der Waals surface area contributed by atoms with Crippen molar-refractivity contribution in [1.29, 1.82) is 0 Å². The third-order valence-corrected chi connectivity index (χ3v) is 7.44. The summed E-state index contributed by atoms with van der Waals surface area (Å²) in [6, 6.07) is 14.0. The van der Waals surface area contributed by atoms with E-state index in [-0.39, 0.29) is 22.9 Å². The van der Waals surface area contributed by atoms with Crippen LogP contribution in [0.3, 0.4) is 0 Å². The molecule has 248 valence electrons. The van der Waals surface area contributed by atoms with E-state index in [9.17, 15) is 79.4 Å². The number of benzene rings is 2. The van der Waals surface area contributed by atoms with Crippen LogP contribution >= 0.6 is 11.8 Å². The van der Waals surface area contributed by atoms with Gasteiger partial charge in [0.2, 0.25) is 0 Å². The van der Waals surface area contributed by atoms with Crippen LogP contribution in [-0.4, -0.2) is 59.2 Å². The Bertz CT molecular complexity index is 1260. The first-order valence-corrected chi connectivity index (χ1v) is 12.7. The summed E-state index contributed by atoms with van der Waals surface area (Å²) in [6.45, 7) is 0. The molecule has 0 radical (unpaired) electrons. The standard InChI is InChI=1S/C25H17F17OS/c26-18(27,11-12-44-17(15-9-5-2-6-10-15)13-16(43)14-7-3-1-4-8-14)19(28,29)20(30,31)21(32,33)22(34,35)23(36,37)24(38,39)25(40,41)42/h1-10,17H,11-13H2. The lowest BCUT2D eigenvalue weighted by Gasteiger charge is -2.42. The number of halogens is 17. The van der Waals surface area contributed by atoms with Crippen molar-refractivity contribution in [3.05, 3.63) is 71.8 Å². The third-order valence-electron chi connectivity index (χ3n) is 6.16. The number of thioether (sulfide) groups is 1. The number of carbonyl (C=O) groups is 1. The van der Waals surface area contributed by atoms with Crippen molar-refractivity contribution in [2.75, 3.05) is 5.75 Å². The number of carbonyl (C=O) groups excluding carboxylic acids is 1. The Morgan fingerprint density at radius 2 is 0.932 bits per heavy atom. The Balaban J connectivity index is 2.35. The fourth-order valence-electron chi connectivity index (χ4n) is 3.53. The molecule has 0 bridgehead atoms. The van der Waals surface area contributed by atoms with E-state index in [0.717, 1.165) is 0 Å². The fraction of sp³-hybridized carbons (Fsp3) is 0.480. The smallest absolute Gasteiger partial charge is 0.294 e. The zero-order valence-corrected chi connectivity index (χ0v) is 22.0. The number of ketones is 1. The van der Waals surface area contributed by atoms with Crippen LogP contribution in [-0.2, 0) is 0 Å². The normalized spacial score (nSPS) is 15.3. The molecule has 0 aliphatic rings. The van der Waals surface area contributed by atoms with Gasteiger partial charge < -0.3 is 0 Å². The predicted molar refractivity (Wildman–Crippen MR) is 122 cm³/mol. The SMILES string of the molecule is O=C(CC(SCCC(F)(F)C(F)(F)C(F)(F)C(F)(F)C(F)(F)C(F)(F)C(F)(F)C(F)(F)F)c1ccccc1)c1ccccc1. The molecule has 0 aromatic heterocycles. The topological polar surface area (TPSA) is 17.1 Å². The van der Waals surface area contributed by atoms with Crippen LogP contribution in [0.1, 0.15) is 34.0 Å². The zero-order chi connectivity index (χ0) is 34.2. The second-order valence-electron chi connectivity index (χ2n) is 9.16. The summed E-state index contributed by atoms with van der Waals surface area (Å²) >= 11 is 0.216. The number of hydrogen-bond donors (Lipinski definition) is 0. The number of rotatable bonds is 14. The van der Waals surface area contributed by atoms with Gasteiger partial charge in [-0.25, -0.2) is 0 Å². The molecule has 2 aromatic carbocycles. The van der Waals surface area contributed by atoms with E-state index in [1.165, 1.54) is 60.7 Å². The molecule has 2 rings (SSSR count). The van der Waals surface area contributed by atoms with Crippen LogP contribution in [0.25, 0.3) is 0 Å². The minimum Gasteiger partial charge on any atom is -0.294 e. The van der Waals surface area contributed by atoms with Crippen molar-refractivity contribution in [1.82, 2.24) is 0 Å². The third kappa shape index (κ3) is 6.34. The summed E-state index contributed by atoms with van der Waals surface area (Å²) in [5.41, 5.74) is 0.294. The van der Waals surface area contributed by atoms with Gasteiger partial charge in [-0.2, -0.15) is 86.4 Å². The van der Waals surface area contributed by atoms with Gasteiger partial charge in [0.15, 0.2) is 5.78 Å². The fourth-order valence-corrected chi connectivity index (χ4v) is 4.81. The molecule has 0 aliphatic heterocycles. The van der Waals surface area contributed by atoms with Gasteiger partial charge in [-0.3, -0.25) is 4.79 Å². The Labute approximate surface area is 240 Å². The predicted octanol–water partition coefficient (Wildman–Crippen LogP) is 10.1. The molecule has 0 fully saturated rings. The Hall–Kier alpha value is -2.73. The molecule has 1 nitrogen and oxygen atoms in total. The lowest BCUT2D eigenvalue weighted by molar-refractivity contribution is -0.461. The van der Waals surface area contributed by atoms with E-state index in [4.69, 9.17) is 0 Å². The maximum atomic E-state index is 14.3. The van der Waals surface area contributed by atoms with Gasteiger partial charge in [0.05, 0.1) is 0 Å². The summed E-state index contributed by atoms with van der Waals surface area (Å²) < 4.78 is 229. The van der Waals surface area contributed by atoms with Gasteiger partial charge in [-0.05, 0) is 11.3 Å². The molecular weight excluding hydrogens is 671 g/mol. The quantitative estimate of drug-likeness (QED) is 0.145. The molecule has 0 spiro atoms. The average Bonchev–Trinajstić information content (AvgIpc) is 2.92. The summed E-state index contributed by atoms with van der Waals surface area (Å²) in [5.74, 6) is -58.6. The van der Waals surface area contributed by atoms with Crippen LogP contribution in [0.4, 0.5) is 74.6 Å². The van der Waals surface area contributed by atoms with E-state index in [2.05, 4.69) is 0 Å². The minimum absolute atomic E-state index is 0.0987. The van der Waals surface area contributed by atoms with E-state index < -0.39 is 77.3 Å². The molecular formula is C25H17F17OS. The van der Waals surface area contributed by atoms with Gasteiger partial charge in [-0.1, -0.05) is 60.7 Å². The van der Waals surface area contributed by atoms with E-state index in [0.29, 0.717) is 0 Å². The molecule has 0 aliphatic carbocycles. The summed E-state index contributed by atoms with van der Waals surface area (Å²) in [5, 5.41) is -1.18. The Morgan fingerprint density at radius 1 is 0.545 bits per heavy atom. The average molecular weight is 688 g/mol. The zero-order valence-electron chi connectivity index (χ0n) is 21.2. The van der Waals surface area contributed by atoms with Crippen molar-refractivity contribution in [2.24, 2.45) is 0 Å². The lowest BCUT2D eigenvalue weighted by Crippen LogP contribution is -2.74. The van der Waals surface area contributed by atoms with Crippen LogP contribution in [0.2, 0.25) is 0 Å². The molecule has 0 saturated heterocycles. The van der Waals surface area contributed by atoms with E-state index in [1.807, 2.05) is 0 Å². The molecule has 1 atom stereocenters. The highest BCUT2D eigenvalue weighted by atomic mass is 32.2. The van der Waals surface area contributed by atoms with E-state index >= 15 is 0 Å². The Kier molecular flexibility index (Phi) is 10.4. The molecule has 19 heteroatoms. The van der Waals surface area contributed by atoms with Crippen molar-refractivity contribution >= 4 is 17.5 Å². The number of hydrogen-bond acceptors (Lipinski definition) is 2.